The van der Waals surface area contributed by atoms with Crippen molar-refractivity contribution in [3.8, 4) is 11.8 Å². The van der Waals surface area contributed by atoms with Gasteiger partial charge in [0.25, 0.3) is 5.91 Å². The Bertz CT molecular complexity index is 496. The smallest absolute Gasteiger partial charge is 0.261 e. The van der Waals surface area contributed by atoms with Gasteiger partial charge in [0.2, 0.25) is 0 Å². The molecule has 1 rings (SSSR count). The first-order valence-corrected chi connectivity index (χ1v) is 7.41. The molecule has 0 aliphatic heterocycles. The molecule has 104 valence electrons. The van der Waals surface area contributed by atoms with E-state index >= 15 is 0 Å². The summed E-state index contributed by atoms with van der Waals surface area (Å²) in [6.45, 7) is 8.61. The summed E-state index contributed by atoms with van der Waals surface area (Å²) in [6, 6.07) is 2.07. The largest absolute Gasteiger partial charge is 0.349 e. The van der Waals surface area contributed by atoms with Gasteiger partial charge in [0.05, 0.1) is 16.3 Å². The van der Waals surface area contributed by atoms with E-state index < -0.39 is 0 Å². The van der Waals surface area contributed by atoms with Crippen LogP contribution in [0.15, 0.2) is 6.07 Å². The predicted molar refractivity (Wildman–Crippen MR) is 81.4 cm³/mol. The monoisotopic (exact) mass is 278 g/mol. The fourth-order valence-corrected chi connectivity index (χ4v) is 2.57. The molecule has 2 atom stereocenters. The van der Waals surface area contributed by atoms with Crippen molar-refractivity contribution in [2.45, 2.75) is 40.2 Å². The van der Waals surface area contributed by atoms with Crippen LogP contribution >= 0.6 is 11.3 Å². The third-order valence-electron chi connectivity index (χ3n) is 3.30. The van der Waals surface area contributed by atoms with Crippen LogP contribution < -0.4 is 11.1 Å². The molecule has 19 heavy (non-hydrogen) atoms. The van der Waals surface area contributed by atoms with Gasteiger partial charge in [0.15, 0.2) is 0 Å². The van der Waals surface area contributed by atoms with E-state index in [0.29, 0.717) is 17.3 Å². The maximum atomic E-state index is 12.1. The van der Waals surface area contributed by atoms with Gasteiger partial charge in [-0.25, -0.2) is 0 Å². The Kier molecular flexibility index (Phi) is 6.07. The molecule has 1 aromatic rings. The average molecular weight is 278 g/mol. The summed E-state index contributed by atoms with van der Waals surface area (Å²) >= 11 is 1.43. The molecule has 0 aromatic carbocycles. The van der Waals surface area contributed by atoms with Gasteiger partial charge in [-0.15, -0.1) is 11.3 Å². The maximum Gasteiger partial charge on any atom is 0.261 e. The molecule has 2 unspecified atom stereocenters. The maximum absolute atomic E-state index is 12.1. The number of rotatable bonds is 4. The van der Waals surface area contributed by atoms with Crippen LogP contribution in [0, 0.1) is 24.7 Å². The highest BCUT2D eigenvalue weighted by Gasteiger charge is 2.16. The lowest BCUT2D eigenvalue weighted by Gasteiger charge is -2.19. The summed E-state index contributed by atoms with van der Waals surface area (Å²) in [7, 11) is 0. The van der Waals surface area contributed by atoms with Crippen molar-refractivity contribution in [1.82, 2.24) is 5.32 Å². The van der Waals surface area contributed by atoms with Crippen LogP contribution in [0.1, 0.15) is 47.3 Å². The van der Waals surface area contributed by atoms with Crippen molar-refractivity contribution in [2.24, 2.45) is 11.7 Å². The van der Waals surface area contributed by atoms with Crippen LogP contribution in [-0.2, 0) is 0 Å². The molecule has 1 aromatic heterocycles. The van der Waals surface area contributed by atoms with E-state index in [9.17, 15) is 4.79 Å². The number of hydrogen-bond donors (Lipinski definition) is 2. The molecule has 1 heterocycles. The molecule has 0 aliphatic carbocycles. The summed E-state index contributed by atoms with van der Waals surface area (Å²) < 4.78 is 0. The summed E-state index contributed by atoms with van der Waals surface area (Å²) in [5.74, 6) is 6.28. The Balaban J connectivity index is 2.78. The van der Waals surface area contributed by atoms with Gasteiger partial charge in [-0.3, -0.25) is 4.79 Å². The highest BCUT2D eigenvalue weighted by atomic mass is 32.1. The first-order valence-electron chi connectivity index (χ1n) is 6.59. The first kappa shape index (κ1) is 15.7. The SMILES string of the molecule is CCC(C)C(C)NC(=O)c1cc(C)c(C#CCN)s1. The van der Waals surface area contributed by atoms with Crippen LogP contribution in [0.25, 0.3) is 0 Å². The van der Waals surface area contributed by atoms with Gasteiger partial charge in [-0.2, -0.15) is 0 Å². The molecular weight excluding hydrogens is 256 g/mol. The van der Waals surface area contributed by atoms with Gasteiger partial charge in [-0.05, 0) is 31.4 Å². The Morgan fingerprint density at radius 2 is 2.21 bits per heavy atom. The number of aryl methyl sites for hydroxylation is 1. The summed E-state index contributed by atoms with van der Waals surface area (Å²) in [5.41, 5.74) is 6.39. The van der Waals surface area contributed by atoms with Crippen LogP contribution in [0.5, 0.6) is 0 Å². The zero-order valence-electron chi connectivity index (χ0n) is 12.0. The first-order chi connectivity index (χ1) is 8.99. The molecule has 0 spiro atoms. The highest BCUT2D eigenvalue weighted by molar-refractivity contribution is 7.14. The van der Waals surface area contributed by atoms with E-state index in [-0.39, 0.29) is 11.9 Å². The van der Waals surface area contributed by atoms with E-state index in [0.717, 1.165) is 16.9 Å². The van der Waals surface area contributed by atoms with Crippen LogP contribution in [0.2, 0.25) is 0 Å². The molecule has 0 bridgehead atoms. The van der Waals surface area contributed by atoms with Crippen molar-refractivity contribution in [3.63, 3.8) is 0 Å². The zero-order chi connectivity index (χ0) is 14.4. The highest BCUT2D eigenvalue weighted by Crippen LogP contribution is 2.21. The van der Waals surface area contributed by atoms with Gasteiger partial charge >= 0.3 is 0 Å². The molecule has 0 aliphatic rings. The van der Waals surface area contributed by atoms with Gasteiger partial charge in [0.1, 0.15) is 0 Å². The normalized spacial score (nSPS) is 13.3. The van der Waals surface area contributed by atoms with Crippen molar-refractivity contribution in [2.75, 3.05) is 6.54 Å². The molecule has 0 saturated carbocycles. The number of nitrogens with two attached hydrogens (primary N) is 1. The fourth-order valence-electron chi connectivity index (χ4n) is 1.62. The Labute approximate surface area is 119 Å². The average Bonchev–Trinajstić information content (AvgIpc) is 2.76. The number of carbonyl (C=O) groups excluding carboxylic acids is 1. The second kappa shape index (κ2) is 7.32. The van der Waals surface area contributed by atoms with E-state index in [1.807, 2.05) is 19.9 Å². The minimum atomic E-state index is -0.0123. The second-order valence-corrected chi connectivity index (χ2v) is 5.83. The Morgan fingerprint density at radius 1 is 1.53 bits per heavy atom. The third kappa shape index (κ3) is 4.38. The van der Waals surface area contributed by atoms with Crippen molar-refractivity contribution >= 4 is 17.2 Å². The number of carbonyl (C=O) groups is 1. The minimum absolute atomic E-state index is 0.0123. The Morgan fingerprint density at radius 3 is 2.79 bits per heavy atom. The van der Waals surface area contributed by atoms with Crippen LogP contribution in [-0.4, -0.2) is 18.5 Å². The number of hydrogen-bond acceptors (Lipinski definition) is 3. The molecule has 0 fully saturated rings. The second-order valence-electron chi connectivity index (χ2n) is 4.78. The topological polar surface area (TPSA) is 55.1 Å². The molecule has 1 amide bonds. The molecule has 3 nitrogen and oxygen atoms in total. The number of nitrogens with one attached hydrogen (secondary N) is 1. The number of amides is 1. The standard InChI is InChI=1S/C15H22N2OS/c1-5-10(2)12(4)17-15(18)14-9-11(3)13(19-14)7-6-8-16/h9-10,12H,5,8,16H2,1-4H3,(H,17,18). The molecule has 3 N–H and O–H groups in total. The zero-order valence-corrected chi connectivity index (χ0v) is 12.9. The lowest BCUT2D eigenvalue weighted by molar-refractivity contribution is 0.0932. The summed E-state index contributed by atoms with van der Waals surface area (Å²) in [4.78, 5) is 13.8. The third-order valence-corrected chi connectivity index (χ3v) is 4.45. The minimum Gasteiger partial charge on any atom is -0.349 e. The molecule has 0 saturated heterocycles. The fraction of sp³-hybridized carbons (Fsp3) is 0.533. The molecule has 0 radical (unpaired) electrons. The molecular formula is C15H22N2OS. The predicted octanol–water partition coefficient (Wildman–Crippen LogP) is 2.53. The lowest BCUT2D eigenvalue weighted by atomic mass is 10.0. The lowest BCUT2D eigenvalue weighted by Crippen LogP contribution is -2.36. The van der Waals surface area contributed by atoms with Crippen molar-refractivity contribution in [3.05, 3.63) is 21.4 Å². The summed E-state index contributed by atoms with van der Waals surface area (Å²) in [6.07, 6.45) is 1.05. The quantitative estimate of drug-likeness (QED) is 0.832. The van der Waals surface area contributed by atoms with Crippen molar-refractivity contribution < 1.29 is 4.79 Å². The molecule has 4 heteroatoms. The Hall–Kier alpha value is -1.31. The van der Waals surface area contributed by atoms with Gasteiger partial charge in [-0.1, -0.05) is 32.1 Å². The van der Waals surface area contributed by atoms with Crippen LogP contribution in [0.4, 0.5) is 0 Å². The van der Waals surface area contributed by atoms with Gasteiger partial charge in [0, 0.05) is 6.04 Å². The van der Waals surface area contributed by atoms with Crippen molar-refractivity contribution in [1.29, 1.82) is 0 Å². The van der Waals surface area contributed by atoms with E-state index in [2.05, 4.69) is 31.0 Å². The number of thiophene rings is 1. The van der Waals surface area contributed by atoms with E-state index in [4.69, 9.17) is 5.73 Å². The van der Waals surface area contributed by atoms with Gasteiger partial charge < -0.3 is 11.1 Å². The van der Waals surface area contributed by atoms with Crippen LogP contribution in [0.3, 0.4) is 0 Å². The summed E-state index contributed by atoms with van der Waals surface area (Å²) in [5, 5.41) is 3.04. The van der Waals surface area contributed by atoms with E-state index in [1.54, 1.807) is 0 Å². The van der Waals surface area contributed by atoms with E-state index in [1.165, 1.54) is 11.3 Å².